The Morgan fingerprint density at radius 1 is 1.12 bits per heavy atom. The molecule has 0 radical (unpaired) electrons. The lowest BCUT2D eigenvalue weighted by molar-refractivity contribution is -0.137. The topological polar surface area (TPSA) is 120 Å². The van der Waals surface area contributed by atoms with Gasteiger partial charge in [-0.2, -0.15) is 5.10 Å². The van der Waals surface area contributed by atoms with Crippen molar-refractivity contribution in [2.45, 2.75) is 24.3 Å². The maximum Gasteiger partial charge on any atom is 0.303 e. The third kappa shape index (κ3) is 6.71. The number of sulfonamides is 1. The van der Waals surface area contributed by atoms with Gasteiger partial charge in [0.25, 0.3) is 10.0 Å². The van der Waals surface area contributed by atoms with E-state index in [0.29, 0.717) is 18.9 Å². The second-order valence-electron chi connectivity index (χ2n) is 6.69. The molecule has 2 aromatic carbocycles. The van der Waals surface area contributed by atoms with Crippen molar-refractivity contribution in [2.75, 3.05) is 17.9 Å². The minimum absolute atomic E-state index is 0.000750. The highest BCUT2D eigenvalue weighted by molar-refractivity contribution is 7.92. The number of aliphatic carboxylic acids is 1. The van der Waals surface area contributed by atoms with Crippen molar-refractivity contribution in [1.82, 2.24) is 9.78 Å². The zero-order valence-electron chi connectivity index (χ0n) is 17.0. The predicted molar refractivity (Wildman–Crippen MR) is 114 cm³/mol. The van der Waals surface area contributed by atoms with Gasteiger partial charge in [0.1, 0.15) is 12.4 Å². The normalized spacial score (nSPS) is 11.2. The Bertz CT molecular complexity index is 1150. The molecule has 0 atom stereocenters. The Hall–Kier alpha value is -3.60. The SMILES string of the molecule is O=C(O)CCCOc1ccc(S(=O)(=O)Nc2cccc(OCCn3cccn3)c2)cc1F. The molecule has 0 fully saturated rings. The van der Waals surface area contributed by atoms with Gasteiger partial charge in [-0.3, -0.25) is 14.2 Å². The highest BCUT2D eigenvalue weighted by Crippen LogP contribution is 2.24. The number of hydrogen-bond acceptors (Lipinski definition) is 6. The fourth-order valence-electron chi connectivity index (χ4n) is 2.72. The Labute approximate surface area is 184 Å². The second-order valence-corrected chi connectivity index (χ2v) is 8.37. The van der Waals surface area contributed by atoms with E-state index >= 15 is 0 Å². The summed E-state index contributed by atoms with van der Waals surface area (Å²) in [7, 11) is -4.05. The summed E-state index contributed by atoms with van der Waals surface area (Å²) in [5.74, 6) is -1.52. The van der Waals surface area contributed by atoms with E-state index in [0.717, 1.165) is 6.07 Å². The van der Waals surface area contributed by atoms with E-state index in [4.69, 9.17) is 14.6 Å². The number of nitrogens with zero attached hydrogens (tertiary/aromatic N) is 2. The van der Waals surface area contributed by atoms with Crippen molar-refractivity contribution in [3.63, 3.8) is 0 Å². The van der Waals surface area contributed by atoms with Gasteiger partial charge in [0, 0.05) is 24.9 Å². The summed E-state index contributed by atoms with van der Waals surface area (Å²) >= 11 is 0. The molecule has 0 unspecified atom stereocenters. The van der Waals surface area contributed by atoms with Crippen molar-refractivity contribution < 1.29 is 32.2 Å². The van der Waals surface area contributed by atoms with Crippen LogP contribution in [0.25, 0.3) is 0 Å². The number of halogens is 1. The van der Waals surface area contributed by atoms with Crippen LogP contribution >= 0.6 is 0 Å². The zero-order valence-corrected chi connectivity index (χ0v) is 17.8. The molecular weight excluding hydrogens is 441 g/mol. The number of carboxylic acid groups (broad SMARTS) is 1. The molecule has 0 aliphatic rings. The van der Waals surface area contributed by atoms with E-state index in [1.807, 2.05) is 0 Å². The molecule has 0 bridgehead atoms. The van der Waals surface area contributed by atoms with Crippen molar-refractivity contribution in [3.05, 3.63) is 66.7 Å². The van der Waals surface area contributed by atoms with Crippen LogP contribution in [0.2, 0.25) is 0 Å². The van der Waals surface area contributed by atoms with Crippen LogP contribution in [-0.4, -0.2) is 42.5 Å². The predicted octanol–water partition coefficient (Wildman–Crippen LogP) is 3.15. The molecule has 0 aliphatic heterocycles. The van der Waals surface area contributed by atoms with Gasteiger partial charge in [0.2, 0.25) is 0 Å². The fourth-order valence-corrected chi connectivity index (χ4v) is 3.79. The minimum atomic E-state index is -4.05. The molecule has 9 nitrogen and oxygen atoms in total. The third-order valence-electron chi connectivity index (χ3n) is 4.24. The third-order valence-corrected chi connectivity index (χ3v) is 5.62. The summed E-state index contributed by atoms with van der Waals surface area (Å²) in [6.07, 6.45) is 3.57. The fraction of sp³-hybridized carbons (Fsp3) is 0.238. The number of hydrogen-bond donors (Lipinski definition) is 2. The van der Waals surface area contributed by atoms with E-state index in [9.17, 15) is 17.6 Å². The first kappa shape index (κ1) is 23.1. The monoisotopic (exact) mass is 463 g/mol. The van der Waals surface area contributed by atoms with Crippen molar-refractivity contribution in [2.24, 2.45) is 0 Å². The van der Waals surface area contributed by atoms with Crippen LogP contribution in [0.5, 0.6) is 11.5 Å². The molecule has 0 amide bonds. The molecule has 3 rings (SSSR count). The molecule has 170 valence electrons. The van der Waals surface area contributed by atoms with Crippen LogP contribution in [0.1, 0.15) is 12.8 Å². The summed E-state index contributed by atoms with van der Waals surface area (Å²) in [6.45, 7) is 0.880. The molecule has 0 saturated carbocycles. The lowest BCUT2D eigenvalue weighted by atomic mass is 10.3. The van der Waals surface area contributed by atoms with Gasteiger partial charge >= 0.3 is 5.97 Å². The van der Waals surface area contributed by atoms with Gasteiger partial charge in [-0.15, -0.1) is 0 Å². The minimum Gasteiger partial charge on any atom is -0.492 e. The molecule has 0 aliphatic carbocycles. The van der Waals surface area contributed by atoms with Gasteiger partial charge in [-0.05, 0) is 42.8 Å². The summed E-state index contributed by atoms with van der Waals surface area (Å²) in [5.41, 5.74) is 0.260. The smallest absolute Gasteiger partial charge is 0.303 e. The van der Waals surface area contributed by atoms with Gasteiger partial charge in [0.05, 0.1) is 23.7 Å². The first-order chi connectivity index (χ1) is 15.3. The van der Waals surface area contributed by atoms with Crippen LogP contribution in [0.4, 0.5) is 10.1 Å². The molecule has 1 heterocycles. The number of benzene rings is 2. The highest BCUT2D eigenvalue weighted by atomic mass is 32.2. The number of nitrogens with one attached hydrogen (secondary N) is 1. The Morgan fingerprint density at radius 2 is 1.97 bits per heavy atom. The van der Waals surface area contributed by atoms with Crippen LogP contribution in [0, 0.1) is 5.82 Å². The average Bonchev–Trinajstić information content (AvgIpc) is 3.25. The van der Waals surface area contributed by atoms with Crippen LogP contribution < -0.4 is 14.2 Å². The standard InChI is InChI=1S/C21H22FN3O6S/c22-19-15-18(7-8-20(19)31-12-2-6-21(26)27)32(28,29)24-16-4-1-5-17(14-16)30-13-11-25-10-3-9-23-25/h1,3-5,7-10,14-15,24H,2,6,11-13H2,(H,26,27). The van der Waals surface area contributed by atoms with Gasteiger partial charge in [-0.25, -0.2) is 12.8 Å². The number of ether oxygens (including phenoxy) is 2. The van der Waals surface area contributed by atoms with Crippen molar-refractivity contribution in [1.29, 1.82) is 0 Å². The molecule has 0 saturated heterocycles. The van der Waals surface area contributed by atoms with Gasteiger partial charge in [-0.1, -0.05) is 6.07 Å². The summed E-state index contributed by atoms with van der Waals surface area (Å²) in [4.78, 5) is 10.2. The lowest BCUT2D eigenvalue weighted by Gasteiger charge is -2.12. The van der Waals surface area contributed by atoms with E-state index in [-0.39, 0.29) is 35.8 Å². The first-order valence-electron chi connectivity index (χ1n) is 9.71. The molecular formula is C21H22FN3O6S. The Balaban J connectivity index is 1.60. The lowest BCUT2D eigenvalue weighted by Crippen LogP contribution is -2.14. The molecule has 2 N–H and O–H groups in total. The number of anilines is 1. The molecule has 1 aromatic heterocycles. The maximum atomic E-state index is 14.3. The quantitative estimate of drug-likeness (QED) is 0.396. The molecule has 32 heavy (non-hydrogen) atoms. The highest BCUT2D eigenvalue weighted by Gasteiger charge is 2.17. The largest absolute Gasteiger partial charge is 0.492 e. The van der Waals surface area contributed by atoms with E-state index in [2.05, 4.69) is 9.82 Å². The Kier molecular flexibility index (Phi) is 7.66. The number of carbonyl (C=O) groups is 1. The van der Waals surface area contributed by atoms with Crippen molar-refractivity contribution >= 4 is 21.7 Å². The first-order valence-corrected chi connectivity index (χ1v) is 11.2. The van der Waals surface area contributed by atoms with Crippen molar-refractivity contribution in [3.8, 4) is 11.5 Å². The number of carboxylic acids is 1. The van der Waals surface area contributed by atoms with E-state index < -0.39 is 21.8 Å². The van der Waals surface area contributed by atoms with E-state index in [1.165, 1.54) is 18.2 Å². The number of aromatic nitrogens is 2. The molecule has 11 heteroatoms. The Morgan fingerprint density at radius 3 is 2.69 bits per heavy atom. The summed E-state index contributed by atoms with van der Waals surface area (Å²) in [6, 6.07) is 11.5. The average molecular weight is 463 g/mol. The molecule has 0 spiro atoms. The summed E-state index contributed by atoms with van der Waals surface area (Å²) < 4.78 is 54.5. The summed E-state index contributed by atoms with van der Waals surface area (Å²) in [5, 5.41) is 12.7. The van der Waals surface area contributed by atoms with Crippen LogP contribution in [0.3, 0.4) is 0 Å². The van der Waals surface area contributed by atoms with Gasteiger partial charge in [0.15, 0.2) is 11.6 Å². The molecule has 3 aromatic rings. The maximum absolute atomic E-state index is 14.3. The zero-order chi connectivity index (χ0) is 23.0. The van der Waals surface area contributed by atoms with Crippen LogP contribution in [-0.2, 0) is 21.4 Å². The second kappa shape index (κ2) is 10.6. The van der Waals surface area contributed by atoms with Crippen LogP contribution in [0.15, 0.2) is 65.8 Å². The van der Waals surface area contributed by atoms with Gasteiger partial charge < -0.3 is 14.6 Å². The number of rotatable bonds is 12. The van der Waals surface area contributed by atoms with E-state index in [1.54, 1.807) is 41.3 Å².